The van der Waals surface area contributed by atoms with E-state index in [4.69, 9.17) is 0 Å². The first-order valence-corrected chi connectivity index (χ1v) is 5.93. The Balaban J connectivity index is 2.20. The van der Waals surface area contributed by atoms with Crippen molar-refractivity contribution < 1.29 is 4.79 Å². The zero-order valence-corrected chi connectivity index (χ0v) is 10.9. The first-order valence-electron chi connectivity index (χ1n) is 5.14. The number of hydrogen-bond acceptors (Lipinski definition) is 2. The van der Waals surface area contributed by atoms with E-state index >= 15 is 0 Å². The highest BCUT2D eigenvalue weighted by Gasteiger charge is 2.08. The van der Waals surface area contributed by atoms with Crippen LogP contribution < -0.4 is 5.32 Å². The Morgan fingerprint density at radius 2 is 2.18 bits per heavy atom. The number of carbonyl (C=O) groups excluding carboxylic acids is 1. The lowest BCUT2D eigenvalue weighted by atomic mass is 10.1. The summed E-state index contributed by atoms with van der Waals surface area (Å²) in [5.74, 6) is -0.145. The molecule has 0 bridgehead atoms. The lowest BCUT2D eigenvalue weighted by molar-refractivity contribution is 0.102. The highest BCUT2D eigenvalue weighted by molar-refractivity contribution is 9.10. The molecule has 1 amide bonds. The van der Waals surface area contributed by atoms with Gasteiger partial charge in [0.1, 0.15) is 0 Å². The van der Waals surface area contributed by atoms with Gasteiger partial charge >= 0.3 is 0 Å². The van der Waals surface area contributed by atoms with Crippen LogP contribution in [0, 0.1) is 6.92 Å². The number of aryl methyl sites for hydroxylation is 1. The summed E-state index contributed by atoms with van der Waals surface area (Å²) in [5.41, 5.74) is 2.26. The molecule has 2 rings (SSSR count). The second kappa shape index (κ2) is 5.10. The van der Waals surface area contributed by atoms with Gasteiger partial charge in [0.05, 0.1) is 5.56 Å². The molecule has 3 nitrogen and oxygen atoms in total. The smallest absolute Gasteiger partial charge is 0.257 e. The van der Waals surface area contributed by atoms with Gasteiger partial charge in [0.2, 0.25) is 0 Å². The number of nitrogens with zero attached hydrogens (tertiary/aromatic N) is 1. The van der Waals surface area contributed by atoms with Crippen molar-refractivity contribution in [1.82, 2.24) is 4.98 Å². The number of carbonyl (C=O) groups is 1. The van der Waals surface area contributed by atoms with E-state index in [0.29, 0.717) is 5.56 Å². The van der Waals surface area contributed by atoms with Gasteiger partial charge in [0.25, 0.3) is 5.91 Å². The molecule has 17 heavy (non-hydrogen) atoms. The van der Waals surface area contributed by atoms with E-state index in [1.54, 1.807) is 12.4 Å². The Morgan fingerprint density at radius 1 is 1.35 bits per heavy atom. The van der Waals surface area contributed by atoms with E-state index in [0.717, 1.165) is 15.7 Å². The average Bonchev–Trinajstić information content (AvgIpc) is 2.29. The van der Waals surface area contributed by atoms with Crippen molar-refractivity contribution in [2.45, 2.75) is 6.92 Å². The minimum absolute atomic E-state index is 0.145. The minimum atomic E-state index is -0.145. The molecule has 0 aliphatic carbocycles. The summed E-state index contributed by atoms with van der Waals surface area (Å²) < 4.78 is 0.929. The average molecular weight is 291 g/mol. The SMILES string of the molecule is Cc1ccncc1C(=O)Nc1cccc(Br)c1. The number of benzene rings is 1. The van der Waals surface area contributed by atoms with Gasteiger partial charge in [-0.2, -0.15) is 0 Å². The number of anilines is 1. The predicted molar refractivity (Wildman–Crippen MR) is 71.1 cm³/mol. The summed E-state index contributed by atoms with van der Waals surface area (Å²) in [6.45, 7) is 1.89. The highest BCUT2D eigenvalue weighted by atomic mass is 79.9. The Hall–Kier alpha value is -1.68. The fourth-order valence-electron chi connectivity index (χ4n) is 1.47. The maximum atomic E-state index is 12.0. The maximum Gasteiger partial charge on any atom is 0.257 e. The van der Waals surface area contributed by atoms with Gasteiger partial charge in [-0.05, 0) is 36.8 Å². The van der Waals surface area contributed by atoms with Crippen molar-refractivity contribution in [3.63, 3.8) is 0 Å². The molecule has 0 saturated carbocycles. The van der Waals surface area contributed by atoms with E-state index < -0.39 is 0 Å². The number of pyridine rings is 1. The van der Waals surface area contributed by atoms with Gasteiger partial charge in [-0.3, -0.25) is 9.78 Å². The van der Waals surface area contributed by atoms with Gasteiger partial charge < -0.3 is 5.32 Å². The number of aromatic nitrogens is 1. The Labute approximate surface area is 108 Å². The first-order chi connectivity index (χ1) is 8.16. The third-order valence-electron chi connectivity index (χ3n) is 2.37. The molecular weight excluding hydrogens is 280 g/mol. The van der Waals surface area contributed by atoms with Crippen molar-refractivity contribution in [3.8, 4) is 0 Å². The molecule has 1 aromatic heterocycles. The summed E-state index contributed by atoms with van der Waals surface area (Å²) in [6, 6.07) is 9.29. The number of amides is 1. The minimum Gasteiger partial charge on any atom is -0.322 e. The molecule has 1 heterocycles. The molecule has 2 aromatic rings. The van der Waals surface area contributed by atoms with Crippen LogP contribution in [-0.2, 0) is 0 Å². The van der Waals surface area contributed by atoms with Crippen LogP contribution in [0.4, 0.5) is 5.69 Å². The standard InChI is InChI=1S/C13H11BrN2O/c1-9-5-6-15-8-12(9)13(17)16-11-4-2-3-10(14)7-11/h2-8H,1H3,(H,16,17). The van der Waals surface area contributed by atoms with Gasteiger partial charge in [0.15, 0.2) is 0 Å². The molecule has 0 radical (unpaired) electrons. The highest BCUT2D eigenvalue weighted by Crippen LogP contribution is 2.17. The molecule has 0 aliphatic rings. The van der Waals surface area contributed by atoms with E-state index in [1.807, 2.05) is 37.3 Å². The van der Waals surface area contributed by atoms with Crippen LogP contribution in [0.25, 0.3) is 0 Å². The molecule has 4 heteroatoms. The Bertz CT molecular complexity index is 555. The van der Waals surface area contributed by atoms with Crippen molar-refractivity contribution in [2.75, 3.05) is 5.32 Å². The van der Waals surface area contributed by atoms with Crippen LogP contribution in [0.1, 0.15) is 15.9 Å². The normalized spacial score (nSPS) is 10.0. The fourth-order valence-corrected chi connectivity index (χ4v) is 1.87. The molecular formula is C13H11BrN2O. The van der Waals surface area contributed by atoms with E-state index in [1.165, 1.54) is 0 Å². The summed E-state index contributed by atoms with van der Waals surface area (Å²) in [7, 11) is 0. The van der Waals surface area contributed by atoms with Crippen LogP contribution in [0.5, 0.6) is 0 Å². The Kier molecular flexibility index (Phi) is 3.54. The number of halogens is 1. The van der Waals surface area contributed by atoms with E-state index in [9.17, 15) is 4.79 Å². The van der Waals surface area contributed by atoms with Crippen molar-refractivity contribution >= 4 is 27.5 Å². The maximum absolute atomic E-state index is 12.0. The summed E-state index contributed by atoms with van der Waals surface area (Å²) in [5, 5.41) is 2.83. The van der Waals surface area contributed by atoms with Gasteiger partial charge in [-0.15, -0.1) is 0 Å². The van der Waals surface area contributed by atoms with Gasteiger partial charge in [-0.1, -0.05) is 22.0 Å². The van der Waals surface area contributed by atoms with Crippen molar-refractivity contribution in [3.05, 3.63) is 58.3 Å². The van der Waals surface area contributed by atoms with Gasteiger partial charge in [0, 0.05) is 22.6 Å². The third kappa shape index (κ3) is 2.91. The van der Waals surface area contributed by atoms with Crippen LogP contribution >= 0.6 is 15.9 Å². The lowest BCUT2D eigenvalue weighted by Gasteiger charge is -2.07. The second-order valence-corrected chi connectivity index (χ2v) is 4.57. The molecule has 0 fully saturated rings. The molecule has 1 N–H and O–H groups in total. The van der Waals surface area contributed by atoms with E-state index in [-0.39, 0.29) is 5.91 Å². The van der Waals surface area contributed by atoms with Crippen LogP contribution in [0.15, 0.2) is 47.2 Å². The summed E-state index contributed by atoms with van der Waals surface area (Å²) >= 11 is 3.36. The molecule has 0 aliphatic heterocycles. The summed E-state index contributed by atoms with van der Waals surface area (Å²) in [4.78, 5) is 15.9. The number of nitrogens with one attached hydrogen (secondary N) is 1. The lowest BCUT2D eigenvalue weighted by Crippen LogP contribution is -2.13. The second-order valence-electron chi connectivity index (χ2n) is 3.66. The molecule has 86 valence electrons. The zero-order valence-electron chi connectivity index (χ0n) is 9.27. The number of hydrogen-bond donors (Lipinski definition) is 1. The van der Waals surface area contributed by atoms with Crippen LogP contribution in [0.3, 0.4) is 0 Å². The van der Waals surface area contributed by atoms with Crippen LogP contribution in [-0.4, -0.2) is 10.9 Å². The zero-order chi connectivity index (χ0) is 12.3. The predicted octanol–water partition coefficient (Wildman–Crippen LogP) is 3.40. The fraction of sp³-hybridized carbons (Fsp3) is 0.0769. The largest absolute Gasteiger partial charge is 0.322 e. The molecule has 0 saturated heterocycles. The topological polar surface area (TPSA) is 42.0 Å². The number of rotatable bonds is 2. The van der Waals surface area contributed by atoms with Crippen LogP contribution in [0.2, 0.25) is 0 Å². The molecule has 0 atom stereocenters. The van der Waals surface area contributed by atoms with Crippen molar-refractivity contribution in [1.29, 1.82) is 0 Å². The Morgan fingerprint density at radius 3 is 2.88 bits per heavy atom. The molecule has 1 aromatic carbocycles. The summed E-state index contributed by atoms with van der Waals surface area (Å²) in [6.07, 6.45) is 3.24. The quantitative estimate of drug-likeness (QED) is 0.921. The van der Waals surface area contributed by atoms with Crippen molar-refractivity contribution in [2.24, 2.45) is 0 Å². The third-order valence-corrected chi connectivity index (χ3v) is 2.86. The first kappa shape index (κ1) is 11.8. The molecule has 0 unspecified atom stereocenters. The molecule has 0 spiro atoms. The van der Waals surface area contributed by atoms with E-state index in [2.05, 4.69) is 26.2 Å². The monoisotopic (exact) mass is 290 g/mol. The van der Waals surface area contributed by atoms with Gasteiger partial charge in [-0.25, -0.2) is 0 Å².